The van der Waals surface area contributed by atoms with Crippen LogP contribution in [0.3, 0.4) is 0 Å². The molecule has 0 aromatic heterocycles. The van der Waals surface area contributed by atoms with Crippen molar-refractivity contribution in [1.29, 1.82) is 0 Å². The Hall–Kier alpha value is -0.620. The molecule has 82 valence electrons. The molecule has 5 nitrogen and oxygen atoms in total. The highest BCUT2D eigenvalue weighted by Crippen LogP contribution is 2.34. The number of esters is 1. The van der Waals surface area contributed by atoms with Crippen LogP contribution in [-0.2, 0) is 19.4 Å². The lowest BCUT2D eigenvalue weighted by Gasteiger charge is -2.23. The van der Waals surface area contributed by atoms with Gasteiger partial charge in [0.15, 0.2) is 9.84 Å². The molecule has 0 amide bonds. The fourth-order valence-electron chi connectivity index (χ4n) is 1.73. The minimum Gasteiger partial charge on any atom is -0.469 e. The Morgan fingerprint density at radius 2 is 2.21 bits per heavy atom. The van der Waals surface area contributed by atoms with E-state index in [0.717, 1.165) is 0 Å². The van der Waals surface area contributed by atoms with Crippen molar-refractivity contribution < 1.29 is 17.9 Å². The average Bonchev–Trinajstić information content (AvgIpc) is 2.42. The van der Waals surface area contributed by atoms with E-state index in [-0.39, 0.29) is 24.5 Å². The zero-order chi connectivity index (χ0) is 10.8. The first kappa shape index (κ1) is 11.5. The average molecular weight is 221 g/mol. The first-order valence-electron chi connectivity index (χ1n) is 4.40. The highest BCUT2D eigenvalue weighted by Gasteiger charge is 2.42. The number of sulfone groups is 1. The van der Waals surface area contributed by atoms with Gasteiger partial charge in [0.1, 0.15) is 0 Å². The van der Waals surface area contributed by atoms with Crippen molar-refractivity contribution in [2.24, 2.45) is 11.1 Å². The molecule has 2 N–H and O–H groups in total. The van der Waals surface area contributed by atoms with E-state index in [1.807, 2.05) is 0 Å². The molecule has 0 bridgehead atoms. The number of nitrogens with two attached hydrogens (primary N) is 1. The molecule has 6 heteroatoms. The molecule has 0 aromatic carbocycles. The minimum absolute atomic E-state index is 0.00556. The maximum absolute atomic E-state index is 11.3. The molecule has 0 aliphatic carbocycles. The SMILES string of the molecule is COC(=O)CC1(CN)CCS(=O)(=O)C1. The summed E-state index contributed by atoms with van der Waals surface area (Å²) < 4.78 is 27.1. The Morgan fingerprint density at radius 1 is 1.57 bits per heavy atom. The maximum atomic E-state index is 11.3. The Bertz CT molecular complexity index is 324. The van der Waals surface area contributed by atoms with Gasteiger partial charge < -0.3 is 10.5 Å². The third-order valence-electron chi connectivity index (χ3n) is 2.65. The van der Waals surface area contributed by atoms with E-state index in [9.17, 15) is 13.2 Å². The fraction of sp³-hybridized carbons (Fsp3) is 0.875. The van der Waals surface area contributed by atoms with Crippen molar-refractivity contribution in [2.45, 2.75) is 12.8 Å². The number of hydrogen-bond acceptors (Lipinski definition) is 5. The summed E-state index contributed by atoms with van der Waals surface area (Å²) in [5.41, 5.74) is 4.93. The van der Waals surface area contributed by atoms with Gasteiger partial charge in [-0.05, 0) is 13.0 Å². The van der Waals surface area contributed by atoms with Crippen LogP contribution in [0.4, 0.5) is 0 Å². The molecule has 14 heavy (non-hydrogen) atoms. The normalized spacial score (nSPS) is 30.1. The summed E-state index contributed by atoms with van der Waals surface area (Å²) in [7, 11) is -1.72. The Kier molecular flexibility index (Phi) is 3.16. The second-order valence-electron chi connectivity index (χ2n) is 3.80. The second kappa shape index (κ2) is 3.86. The van der Waals surface area contributed by atoms with Crippen molar-refractivity contribution in [2.75, 3.05) is 25.2 Å². The highest BCUT2D eigenvalue weighted by molar-refractivity contribution is 7.91. The van der Waals surface area contributed by atoms with Crippen LogP contribution in [0.25, 0.3) is 0 Å². The molecular weight excluding hydrogens is 206 g/mol. The van der Waals surface area contributed by atoms with Gasteiger partial charge in [0, 0.05) is 5.41 Å². The number of ether oxygens (including phenoxy) is 1. The van der Waals surface area contributed by atoms with Crippen molar-refractivity contribution in [3.05, 3.63) is 0 Å². The molecule has 1 atom stereocenters. The molecule has 0 radical (unpaired) electrons. The summed E-state index contributed by atoms with van der Waals surface area (Å²) in [5, 5.41) is 0. The number of carbonyl (C=O) groups is 1. The number of methoxy groups -OCH3 is 1. The van der Waals surface area contributed by atoms with Gasteiger partial charge in [-0.1, -0.05) is 0 Å². The van der Waals surface area contributed by atoms with Crippen molar-refractivity contribution in [3.63, 3.8) is 0 Å². The number of rotatable bonds is 3. The maximum Gasteiger partial charge on any atom is 0.306 e. The molecule has 1 aliphatic rings. The predicted molar refractivity (Wildman–Crippen MR) is 51.4 cm³/mol. The van der Waals surface area contributed by atoms with E-state index in [1.54, 1.807) is 0 Å². The summed E-state index contributed by atoms with van der Waals surface area (Å²) in [6.45, 7) is 0.210. The summed E-state index contributed by atoms with van der Waals surface area (Å²) in [4.78, 5) is 11.1. The quantitative estimate of drug-likeness (QED) is 0.638. The van der Waals surface area contributed by atoms with E-state index in [0.29, 0.717) is 6.42 Å². The fourth-order valence-corrected chi connectivity index (χ4v) is 3.92. The predicted octanol–water partition coefficient (Wildman–Crippen LogP) is -0.687. The third-order valence-corrected chi connectivity index (χ3v) is 4.53. The Balaban J connectivity index is 2.75. The van der Waals surface area contributed by atoms with Crippen LogP contribution in [-0.4, -0.2) is 39.5 Å². The molecular formula is C8H15NO4S. The highest BCUT2D eigenvalue weighted by atomic mass is 32.2. The van der Waals surface area contributed by atoms with E-state index in [1.165, 1.54) is 7.11 Å². The van der Waals surface area contributed by atoms with Gasteiger partial charge in [0.05, 0.1) is 25.0 Å². The first-order chi connectivity index (χ1) is 6.43. The van der Waals surface area contributed by atoms with E-state index >= 15 is 0 Å². The van der Waals surface area contributed by atoms with Gasteiger partial charge in [0.25, 0.3) is 0 Å². The standard InChI is InChI=1S/C8H15NO4S/c1-13-7(10)4-8(5-9)2-3-14(11,12)6-8/h2-6,9H2,1H3. The molecule has 1 aliphatic heterocycles. The van der Waals surface area contributed by atoms with Crippen LogP contribution in [0.15, 0.2) is 0 Å². The van der Waals surface area contributed by atoms with Gasteiger partial charge in [-0.25, -0.2) is 8.42 Å². The monoisotopic (exact) mass is 221 g/mol. The van der Waals surface area contributed by atoms with Crippen LogP contribution in [0.2, 0.25) is 0 Å². The number of hydrogen-bond donors (Lipinski definition) is 1. The molecule has 0 spiro atoms. The molecule has 0 saturated carbocycles. The molecule has 1 fully saturated rings. The molecule has 1 unspecified atom stereocenters. The zero-order valence-corrected chi connectivity index (χ0v) is 8.97. The van der Waals surface area contributed by atoms with Crippen LogP contribution in [0.1, 0.15) is 12.8 Å². The minimum atomic E-state index is -3.01. The van der Waals surface area contributed by atoms with E-state index in [4.69, 9.17) is 5.73 Å². The Labute approximate surface area is 83.5 Å². The summed E-state index contributed by atoms with van der Waals surface area (Å²) in [5.74, 6) is -0.264. The van der Waals surface area contributed by atoms with Gasteiger partial charge in [-0.15, -0.1) is 0 Å². The van der Waals surface area contributed by atoms with Crippen molar-refractivity contribution in [3.8, 4) is 0 Å². The molecule has 1 saturated heterocycles. The van der Waals surface area contributed by atoms with E-state index in [2.05, 4.69) is 4.74 Å². The van der Waals surface area contributed by atoms with Crippen LogP contribution in [0, 0.1) is 5.41 Å². The van der Waals surface area contributed by atoms with Gasteiger partial charge >= 0.3 is 5.97 Å². The molecule has 0 aromatic rings. The largest absolute Gasteiger partial charge is 0.469 e. The molecule has 1 rings (SSSR count). The lowest BCUT2D eigenvalue weighted by Crippen LogP contribution is -2.34. The summed E-state index contributed by atoms with van der Waals surface area (Å²) >= 11 is 0. The van der Waals surface area contributed by atoms with Crippen molar-refractivity contribution in [1.82, 2.24) is 0 Å². The molecule has 1 heterocycles. The second-order valence-corrected chi connectivity index (χ2v) is 5.98. The van der Waals surface area contributed by atoms with E-state index < -0.39 is 21.2 Å². The van der Waals surface area contributed by atoms with Crippen LogP contribution in [0.5, 0.6) is 0 Å². The van der Waals surface area contributed by atoms with Crippen molar-refractivity contribution >= 4 is 15.8 Å². The van der Waals surface area contributed by atoms with Crippen LogP contribution < -0.4 is 5.73 Å². The number of carbonyl (C=O) groups excluding carboxylic acids is 1. The lowest BCUT2D eigenvalue weighted by molar-refractivity contribution is -0.142. The van der Waals surface area contributed by atoms with Gasteiger partial charge in [0.2, 0.25) is 0 Å². The zero-order valence-electron chi connectivity index (χ0n) is 8.15. The topological polar surface area (TPSA) is 86.5 Å². The smallest absolute Gasteiger partial charge is 0.306 e. The van der Waals surface area contributed by atoms with Gasteiger partial charge in [-0.3, -0.25) is 4.79 Å². The van der Waals surface area contributed by atoms with Gasteiger partial charge in [-0.2, -0.15) is 0 Å². The first-order valence-corrected chi connectivity index (χ1v) is 6.22. The Morgan fingerprint density at radius 3 is 2.57 bits per heavy atom. The lowest BCUT2D eigenvalue weighted by atomic mass is 9.84. The summed E-state index contributed by atoms with van der Waals surface area (Å²) in [6, 6.07) is 0. The summed E-state index contributed by atoms with van der Waals surface area (Å²) in [6.07, 6.45) is 0.556. The third kappa shape index (κ3) is 2.45. The van der Waals surface area contributed by atoms with Crippen LogP contribution >= 0.6 is 0 Å².